The minimum Gasteiger partial charge on any atom is -0.268 e. The van der Waals surface area contributed by atoms with Gasteiger partial charge in [-0.1, -0.05) is 27.5 Å². The number of carbonyl (C=O) groups is 2. The first-order chi connectivity index (χ1) is 11.0. The van der Waals surface area contributed by atoms with Gasteiger partial charge in [0.15, 0.2) is 0 Å². The van der Waals surface area contributed by atoms with Gasteiger partial charge in [-0.05, 0) is 48.5 Å². The van der Waals surface area contributed by atoms with Crippen molar-refractivity contribution in [1.82, 2.24) is 10.9 Å². The highest BCUT2D eigenvalue weighted by molar-refractivity contribution is 9.10. The van der Waals surface area contributed by atoms with Crippen LogP contribution in [0.3, 0.4) is 0 Å². The third kappa shape index (κ3) is 5.19. The van der Waals surface area contributed by atoms with E-state index < -0.39 is 17.6 Å². The molecule has 0 aromatic heterocycles. The van der Waals surface area contributed by atoms with Crippen molar-refractivity contribution in [3.8, 4) is 0 Å². The smallest absolute Gasteiger partial charge is 0.268 e. The summed E-state index contributed by atoms with van der Waals surface area (Å²) in [4.78, 5) is 23.4. The van der Waals surface area contributed by atoms with E-state index >= 15 is 0 Å². The summed E-state index contributed by atoms with van der Waals surface area (Å²) in [6.45, 7) is 0. The second-order valence-corrected chi connectivity index (χ2v) is 5.80. The fourth-order valence-electron chi connectivity index (χ4n) is 1.64. The number of amides is 2. The van der Waals surface area contributed by atoms with Gasteiger partial charge in [-0.2, -0.15) is 0 Å². The lowest BCUT2D eigenvalue weighted by Gasteiger charge is -2.05. The zero-order valence-electron chi connectivity index (χ0n) is 11.6. The topological polar surface area (TPSA) is 58.2 Å². The van der Waals surface area contributed by atoms with E-state index in [9.17, 15) is 14.0 Å². The average molecular weight is 398 g/mol. The van der Waals surface area contributed by atoms with Crippen LogP contribution in [0.5, 0.6) is 0 Å². The molecule has 0 saturated heterocycles. The normalized spacial score (nSPS) is 10.6. The van der Waals surface area contributed by atoms with Gasteiger partial charge in [0.25, 0.3) is 11.8 Å². The molecule has 2 amide bonds. The van der Waals surface area contributed by atoms with Crippen LogP contribution in [0.15, 0.2) is 53.0 Å². The second kappa shape index (κ2) is 7.89. The Morgan fingerprint density at radius 1 is 1.09 bits per heavy atom. The molecule has 0 spiro atoms. The molecule has 0 heterocycles. The van der Waals surface area contributed by atoms with Crippen molar-refractivity contribution in [3.63, 3.8) is 0 Å². The molecule has 2 aromatic carbocycles. The van der Waals surface area contributed by atoms with Gasteiger partial charge in [0.1, 0.15) is 5.82 Å². The molecule has 7 heteroatoms. The van der Waals surface area contributed by atoms with E-state index in [0.29, 0.717) is 15.1 Å². The van der Waals surface area contributed by atoms with E-state index in [-0.39, 0.29) is 5.56 Å². The van der Waals surface area contributed by atoms with Gasteiger partial charge in [0.2, 0.25) is 0 Å². The molecule has 0 saturated carbocycles. The predicted molar refractivity (Wildman–Crippen MR) is 90.2 cm³/mol. The van der Waals surface area contributed by atoms with Crippen LogP contribution in [0.4, 0.5) is 4.39 Å². The summed E-state index contributed by atoms with van der Waals surface area (Å²) in [5, 5.41) is 0.504. The van der Waals surface area contributed by atoms with Crippen LogP contribution >= 0.6 is 27.5 Å². The van der Waals surface area contributed by atoms with Crippen molar-refractivity contribution in [1.29, 1.82) is 0 Å². The fraction of sp³-hybridized carbons (Fsp3) is 0. The Balaban J connectivity index is 1.92. The summed E-state index contributed by atoms with van der Waals surface area (Å²) < 4.78 is 14.2. The van der Waals surface area contributed by atoms with Crippen molar-refractivity contribution in [2.75, 3.05) is 0 Å². The molecule has 118 valence electrons. The Morgan fingerprint density at radius 3 is 2.48 bits per heavy atom. The molecule has 2 N–H and O–H groups in total. The summed E-state index contributed by atoms with van der Waals surface area (Å²) in [5.74, 6) is -1.54. The number of hydrogen-bond acceptors (Lipinski definition) is 2. The fourth-order valence-corrected chi connectivity index (χ4v) is 2.15. The van der Waals surface area contributed by atoms with E-state index in [1.807, 2.05) is 0 Å². The van der Waals surface area contributed by atoms with Crippen LogP contribution in [-0.2, 0) is 4.79 Å². The van der Waals surface area contributed by atoms with Gasteiger partial charge in [-0.25, -0.2) is 4.39 Å². The van der Waals surface area contributed by atoms with Gasteiger partial charge in [-0.3, -0.25) is 20.4 Å². The molecule has 0 atom stereocenters. The molecule has 0 bridgehead atoms. The molecule has 0 aliphatic carbocycles. The lowest BCUT2D eigenvalue weighted by atomic mass is 10.2. The molecular weight excluding hydrogens is 387 g/mol. The van der Waals surface area contributed by atoms with Crippen LogP contribution in [0.1, 0.15) is 15.9 Å². The molecule has 0 fully saturated rings. The first-order valence-corrected chi connectivity index (χ1v) is 7.62. The van der Waals surface area contributed by atoms with Crippen molar-refractivity contribution in [3.05, 3.63) is 75.0 Å². The van der Waals surface area contributed by atoms with Crippen molar-refractivity contribution < 1.29 is 14.0 Å². The summed E-state index contributed by atoms with van der Waals surface area (Å²) in [6, 6.07) is 10.5. The Bertz CT molecular complexity index is 763. The summed E-state index contributed by atoms with van der Waals surface area (Å²) in [5.41, 5.74) is 5.04. The quantitative estimate of drug-likeness (QED) is 0.613. The van der Waals surface area contributed by atoms with E-state index in [4.69, 9.17) is 11.6 Å². The van der Waals surface area contributed by atoms with Gasteiger partial charge >= 0.3 is 0 Å². The van der Waals surface area contributed by atoms with Crippen LogP contribution in [0.2, 0.25) is 5.02 Å². The number of nitrogens with one attached hydrogen (secondary N) is 2. The number of hydrogen-bond donors (Lipinski definition) is 2. The largest absolute Gasteiger partial charge is 0.269 e. The van der Waals surface area contributed by atoms with Crippen LogP contribution in [0.25, 0.3) is 6.08 Å². The SMILES string of the molecule is O=C(/C=C/c1cc(Br)ccc1F)NNC(=O)c1ccc(Cl)cc1. The first-order valence-electron chi connectivity index (χ1n) is 6.45. The first kappa shape index (κ1) is 17.2. The maximum Gasteiger partial charge on any atom is 0.269 e. The third-order valence-corrected chi connectivity index (χ3v) is 3.52. The second-order valence-electron chi connectivity index (χ2n) is 4.45. The Kier molecular flexibility index (Phi) is 5.90. The zero-order valence-corrected chi connectivity index (χ0v) is 14.0. The van der Waals surface area contributed by atoms with Crippen LogP contribution in [-0.4, -0.2) is 11.8 Å². The molecule has 0 aliphatic heterocycles. The lowest BCUT2D eigenvalue weighted by Crippen LogP contribution is -2.40. The maximum absolute atomic E-state index is 13.5. The predicted octanol–water partition coefficient (Wildman–Crippen LogP) is 3.72. The summed E-state index contributed by atoms with van der Waals surface area (Å²) in [7, 11) is 0. The molecule has 0 unspecified atom stereocenters. The number of halogens is 3. The van der Waals surface area contributed by atoms with E-state index in [0.717, 1.165) is 6.08 Å². The van der Waals surface area contributed by atoms with E-state index in [1.165, 1.54) is 30.3 Å². The molecule has 4 nitrogen and oxygen atoms in total. The standard InChI is InChI=1S/C16H11BrClFN2O2/c17-12-4-7-14(19)11(9-12)3-8-15(22)20-21-16(23)10-1-5-13(18)6-2-10/h1-9H,(H,20,22)(H,21,23)/b8-3+. The number of rotatable bonds is 3. The number of carbonyl (C=O) groups excluding carboxylic acids is 2. The van der Waals surface area contributed by atoms with E-state index in [1.54, 1.807) is 18.2 Å². The van der Waals surface area contributed by atoms with Crippen molar-refractivity contribution >= 4 is 45.4 Å². The van der Waals surface area contributed by atoms with Crippen LogP contribution in [0, 0.1) is 5.82 Å². The van der Waals surface area contributed by atoms with E-state index in [2.05, 4.69) is 26.8 Å². The highest BCUT2D eigenvalue weighted by Crippen LogP contribution is 2.16. The highest BCUT2D eigenvalue weighted by Gasteiger charge is 2.06. The molecule has 0 radical (unpaired) electrons. The monoisotopic (exact) mass is 396 g/mol. The van der Waals surface area contributed by atoms with Crippen molar-refractivity contribution in [2.24, 2.45) is 0 Å². The highest BCUT2D eigenvalue weighted by atomic mass is 79.9. The Morgan fingerprint density at radius 2 is 1.78 bits per heavy atom. The van der Waals surface area contributed by atoms with Gasteiger partial charge < -0.3 is 0 Å². The zero-order chi connectivity index (χ0) is 16.8. The molecule has 0 aliphatic rings. The lowest BCUT2D eigenvalue weighted by molar-refractivity contribution is -0.117. The van der Waals surface area contributed by atoms with Gasteiger partial charge in [-0.15, -0.1) is 0 Å². The minimum absolute atomic E-state index is 0.249. The Labute approximate surface area is 145 Å². The summed E-state index contributed by atoms with van der Waals surface area (Å²) in [6.07, 6.45) is 2.43. The molecule has 2 rings (SSSR count). The van der Waals surface area contributed by atoms with Gasteiger partial charge in [0, 0.05) is 26.7 Å². The molecule has 2 aromatic rings. The minimum atomic E-state index is -0.591. The number of benzene rings is 2. The molecular formula is C16H11BrClFN2O2. The molecule has 23 heavy (non-hydrogen) atoms. The maximum atomic E-state index is 13.5. The van der Waals surface area contributed by atoms with Gasteiger partial charge in [0.05, 0.1) is 0 Å². The average Bonchev–Trinajstić information content (AvgIpc) is 2.54. The van der Waals surface area contributed by atoms with Crippen molar-refractivity contribution in [2.45, 2.75) is 0 Å². The number of hydrazine groups is 1. The summed E-state index contributed by atoms with van der Waals surface area (Å²) >= 11 is 8.94. The third-order valence-electron chi connectivity index (χ3n) is 2.78. The van der Waals surface area contributed by atoms with Crippen LogP contribution < -0.4 is 10.9 Å². The Hall–Kier alpha value is -2.18.